The van der Waals surface area contributed by atoms with Crippen molar-refractivity contribution < 1.29 is 43.6 Å². The Morgan fingerprint density at radius 3 is 1.04 bits per heavy atom. The standard InChI is InChI=1S/C20H38O4.C15H30O3.C5H10O2/c1-13(2)9-18(24-20(22)11-15(5)6)17(16(7)8)12-23-19(21)10-14(3)4;1-10(2)7-14(13(9-16)12(5)6)18-15(17)8-11(3)4;1-4(2)3-5(6)7/h13-18H,9-12H2,1-8H3;10-14,16H,7-9H2,1-6H3;4H,3H2,1-2H3,(H,6,7). The number of carbonyl (C=O) groups excluding carboxylic acids is 3. The van der Waals surface area contributed by atoms with E-state index >= 15 is 0 Å². The fourth-order valence-electron chi connectivity index (χ4n) is 5.07. The molecule has 0 bridgehead atoms. The van der Waals surface area contributed by atoms with E-state index in [1.807, 2.05) is 55.4 Å². The predicted molar refractivity (Wildman–Crippen MR) is 199 cm³/mol. The number of carboxylic acids is 1. The minimum atomic E-state index is -0.713. The van der Waals surface area contributed by atoms with Crippen LogP contribution in [0.25, 0.3) is 0 Å². The minimum Gasteiger partial charge on any atom is -0.481 e. The minimum absolute atomic E-state index is 0.0274. The molecule has 0 aromatic heterocycles. The molecular weight excluding hydrogens is 624 g/mol. The molecule has 0 rings (SSSR count). The molecule has 49 heavy (non-hydrogen) atoms. The molecule has 9 heteroatoms. The highest BCUT2D eigenvalue weighted by Crippen LogP contribution is 2.26. The molecule has 9 nitrogen and oxygen atoms in total. The van der Waals surface area contributed by atoms with Crippen molar-refractivity contribution in [3.8, 4) is 0 Å². The fourth-order valence-corrected chi connectivity index (χ4v) is 5.07. The first-order chi connectivity index (χ1) is 22.4. The van der Waals surface area contributed by atoms with Crippen LogP contribution in [-0.2, 0) is 33.4 Å². The maximum absolute atomic E-state index is 12.1. The van der Waals surface area contributed by atoms with E-state index < -0.39 is 5.97 Å². The number of aliphatic hydroxyl groups is 1. The number of carbonyl (C=O) groups is 4. The summed E-state index contributed by atoms with van der Waals surface area (Å²) >= 11 is 0. The first-order valence-corrected chi connectivity index (χ1v) is 18.8. The van der Waals surface area contributed by atoms with Gasteiger partial charge in [-0.1, -0.05) is 111 Å². The number of ether oxygens (including phenoxy) is 3. The number of hydrogen-bond donors (Lipinski definition) is 2. The van der Waals surface area contributed by atoms with Crippen molar-refractivity contribution in [3.63, 3.8) is 0 Å². The molecule has 0 aliphatic heterocycles. The average molecular weight is 703 g/mol. The summed E-state index contributed by atoms with van der Waals surface area (Å²) in [6.45, 7) is 32.9. The first-order valence-electron chi connectivity index (χ1n) is 18.8. The van der Waals surface area contributed by atoms with Crippen molar-refractivity contribution in [2.24, 2.45) is 59.2 Å². The molecule has 4 atom stereocenters. The van der Waals surface area contributed by atoms with E-state index in [1.165, 1.54) is 0 Å². The van der Waals surface area contributed by atoms with Crippen LogP contribution in [0.2, 0.25) is 0 Å². The van der Waals surface area contributed by atoms with Crippen LogP contribution in [-0.4, -0.2) is 59.5 Å². The van der Waals surface area contributed by atoms with E-state index in [4.69, 9.17) is 19.3 Å². The molecule has 4 unspecified atom stereocenters. The summed E-state index contributed by atoms with van der Waals surface area (Å²) in [6, 6.07) is 0. The molecule has 0 fully saturated rings. The Kier molecular flexibility index (Phi) is 29.8. The van der Waals surface area contributed by atoms with Crippen LogP contribution in [0.5, 0.6) is 0 Å². The van der Waals surface area contributed by atoms with E-state index in [2.05, 4.69) is 55.4 Å². The third kappa shape index (κ3) is 31.6. The van der Waals surface area contributed by atoms with Crippen molar-refractivity contribution in [2.45, 2.75) is 162 Å². The van der Waals surface area contributed by atoms with Gasteiger partial charge in [0.1, 0.15) is 12.2 Å². The number of esters is 3. The van der Waals surface area contributed by atoms with Crippen LogP contribution in [0.15, 0.2) is 0 Å². The zero-order chi connectivity index (χ0) is 39.0. The van der Waals surface area contributed by atoms with Gasteiger partial charge in [0.05, 0.1) is 6.61 Å². The SMILES string of the molecule is CC(C)CC(=O)O.CC(C)CC(=O)OC(CC(C)C)C(CO)C(C)C.CC(C)CC(=O)OCC(C(C)C)C(CC(C)C)OC(=O)CC(C)C. The number of carboxylic acid groups (broad SMARTS) is 1. The van der Waals surface area contributed by atoms with Gasteiger partial charge >= 0.3 is 23.9 Å². The summed E-state index contributed by atoms with van der Waals surface area (Å²) in [6.07, 6.45) is 2.80. The van der Waals surface area contributed by atoms with Crippen molar-refractivity contribution in [2.75, 3.05) is 13.2 Å². The van der Waals surface area contributed by atoms with Crippen molar-refractivity contribution in [1.82, 2.24) is 0 Å². The van der Waals surface area contributed by atoms with Crippen LogP contribution in [0.3, 0.4) is 0 Å². The highest BCUT2D eigenvalue weighted by molar-refractivity contribution is 5.70. The lowest BCUT2D eigenvalue weighted by molar-refractivity contribution is -0.159. The molecule has 2 N–H and O–H groups in total. The van der Waals surface area contributed by atoms with E-state index in [9.17, 15) is 24.3 Å². The molecule has 0 radical (unpaired) electrons. The molecule has 0 saturated carbocycles. The summed E-state index contributed by atoms with van der Waals surface area (Å²) in [4.78, 5) is 45.6. The lowest BCUT2D eigenvalue weighted by atomic mass is 9.86. The molecule has 0 saturated heterocycles. The monoisotopic (exact) mass is 703 g/mol. The second kappa shape index (κ2) is 28.5. The van der Waals surface area contributed by atoms with Gasteiger partial charge in [-0.15, -0.1) is 0 Å². The highest BCUT2D eigenvalue weighted by Gasteiger charge is 2.31. The Morgan fingerprint density at radius 2 is 0.796 bits per heavy atom. The average Bonchev–Trinajstić information content (AvgIpc) is 2.86. The Hall–Kier alpha value is -2.16. The van der Waals surface area contributed by atoms with Crippen molar-refractivity contribution >= 4 is 23.9 Å². The van der Waals surface area contributed by atoms with E-state index in [-0.39, 0.29) is 78.7 Å². The van der Waals surface area contributed by atoms with Crippen LogP contribution >= 0.6 is 0 Å². The number of hydrogen-bond acceptors (Lipinski definition) is 8. The normalized spacial score (nSPS) is 14.0. The summed E-state index contributed by atoms with van der Waals surface area (Å²) in [5.41, 5.74) is 0. The Morgan fingerprint density at radius 1 is 0.469 bits per heavy atom. The van der Waals surface area contributed by atoms with Crippen molar-refractivity contribution in [1.29, 1.82) is 0 Å². The molecule has 0 aromatic carbocycles. The third-order valence-corrected chi connectivity index (χ3v) is 7.60. The zero-order valence-electron chi connectivity index (χ0n) is 34.3. The molecule has 0 aromatic rings. The third-order valence-electron chi connectivity index (χ3n) is 7.60. The van der Waals surface area contributed by atoms with Crippen LogP contribution in [0.4, 0.5) is 0 Å². The highest BCUT2D eigenvalue weighted by atomic mass is 16.6. The lowest BCUT2D eigenvalue weighted by Crippen LogP contribution is -2.35. The van der Waals surface area contributed by atoms with Gasteiger partial charge in [-0.2, -0.15) is 0 Å². The number of rotatable bonds is 21. The van der Waals surface area contributed by atoms with E-state index in [0.29, 0.717) is 49.5 Å². The van der Waals surface area contributed by atoms with Crippen LogP contribution in [0.1, 0.15) is 149 Å². The van der Waals surface area contributed by atoms with Gasteiger partial charge in [-0.05, 0) is 60.2 Å². The summed E-state index contributed by atoms with van der Waals surface area (Å²) in [5.74, 6) is 1.46. The Bertz CT molecular complexity index is 875. The maximum Gasteiger partial charge on any atom is 0.306 e. The summed E-state index contributed by atoms with van der Waals surface area (Å²) in [7, 11) is 0. The second-order valence-electron chi connectivity index (χ2n) is 16.8. The number of aliphatic hydroxyl groups excluding tert-OH is 1. The topological polar surface area (TPSA) is 136 Å². The van der Waals surface area contributed by atoms with Gasteiger partial charge in [-0.3, -0.25) is 19.2 Å². The number of aliphatic carboxylic acids is 1. The molecule has 292 valence electrons. The molecule has 0 aliphatic carbocycles. The predicted octanol–water partition coefficient (Wildman–Crippen LogP) is 9.22. The second-order valence-corrected chi connectivity index (χ2v) is 16.8. The van der Waals surface area contributed by atoms with Crippen LogP contribution < -0.4 is 0 Å². The smallest absolute Gasteiger partial charge is 0.306 e. The Labute approximate surface area is 301 Å². The molecule has 0 amide bonds. The van der Waals surface area contributed by atoms with Crippen LogP contribution in [0, 0.1) is 59.2 Å². The van der Waals surface area contributed by atoms with E-state index in [0.717, 1.165) is 12.8 Å². The summed E-state index contributed by atoms with van der Waals surface area (Å²) in [5, 5.41) is 17.6. The van der Waals surface area contributed by atoms with Gasteiger partial charge in [0.15, 0.2) is 0 Å². The van der Waals surface area contributed by atoms with Gasteiger partial charge in [0.2, 0.25) is 0 Å². The summed E-state index contributed by atoms with van der Waals surface area (Å²) < 4.78 is 16.8. The van der Waals surface area contributed by atoms with E-state index in [1.54, 1.807) is 0 Å². The molecule has 0 spiro atoms. The maximum atomic E-state index is 12.1. The van der Waals surface area contributed by atoms with Gasteiger partial charge < -0.3 is 24.4 Å². The molecule has 0 heterocycles. The quantitative estimate of drug-likeness (QED) is 0.0886. The van der Waals surface area contributed by atoms with Gasteiger partial charge in [0, 0.05) is 44.1 Å². The zero-order valence-corrected chi connectivity index (χ0v) is 34.3. The Balaban J connectivity index is -0.000000741. The van der Waals surface area contributed by atoms with Gasteiger partial charge in [-0.25, -0.2) is 0 Å². The first kappa shape index (κ1) is 51.2. The fraction of sp³-hybridized carbons (Fsp3) is 0.900. The molecular formula is C40H78O9. The van der Waals surface area contributed by atoms with Gasteiger partial charge in [0.25, 0.3) is 0 Å². The lowest BCUT2D eigenvalue weighted by Gasteiger charge is -2.31. The largest absolute Gasteiger partial charge is 0.481 e. The molecule has 0 aliphatic rings. The van der Waals surface area contributed by atoms with Crippen molar-refractivity contribution in [3.05, 3.63) is 0 Å².